The molecule has 0 unspecified atom stereocenters. The van der Waals surface area contributed by atoms with E-state index in [1.807, 2.05) is 52.6 Å². The first-order valence-electron chi connectivity index (χ1n) is 11.9. The van der Waals surface area contributed by atoms with Gasteiger partial charge in [0.1, 0.15) is 0 Å². The highest BCUT2D eigenvalue weighted by atomic mass is 16.5. The van der Waals surface area contributed by atoms with Crippen molar-refractivity contribution >= 4 is 5.91 Å². The zero-order valence-corrected chi connectivity index (χ0v) is 19.8. The molecule has 8 heteroatoms. The third-order valence-corrected chi connectivity index (χ3v) is 7.18. The van der Waals surface area contributed by atoms with Crippen molar-refractivity contribution in [3.63, 3.8) is 0 Å². The molecule has 0 saturated carbocycles. The Bertz CT molecular complexity index is 1140. The fraction of sp³-hybridized carbons (Fsp3) is 0.520. The average Bonchev–Trinajstić information content (AvgIpc) is 3.35. The molecule has 1 amide bonds. The summed E-state index contributed by atoms with van der Waals surface area (Å²) >= 11 is 0. The lowest BCUT2D eigenvalue weighted by Gasteiger charge is -2.33. The average molecular weight is 449 g/mol. The molecule has 0 bridgehead atoms. The van der Waals surface area contributed by atoms with E-state index in [0.717, 1.165) is 61.7 Å². The fourth-order valence-electron chi connectivity index (χ4n) is 5.26. The second kappa shape index (κ2) is 9.09. The molecule has 1 saturated heterocycles. The van der Waals surface area contributed by atoms with Gasteiger partial charge in [-0.2, -0.15) is 10.2 Å². The Morgan fingerprint density at radius 2 is 2.00 bits per heavy atom. The minimum absolute atomic E-state index is 0.236. The third-order valence-electron chi connectivity index (χ3n) is 7.18. The number of fused-ring (bicyclic) bond motifs is 1. The van der Waals surface area contributed by atoms with Crippen molar-refractivity contribution in [1.29, 1.82) is 0 Å². The van der Waals surface area contributed by atoms with Crippen molar-refractivity contribution in [3.05, 3.63) is 58.3 Å². The van der Waals surface area contributed by atoms with E-state index >= 15 is 0 Å². The number of aryl methyl sites for hydroxylation is 2. The Morgan fingerprint density at radius 1 is 1.18 bits per heavy atom. The van der Waals surface area contributed by atoms with E-state index in [9.17, 15) is 4.79 Å². The molecule has 33 heavy (non-hydrogen) atoms. The van der Waals surface area contributed by atoms with Crippen LogP contribution in [0.25, 0.3) is 5.82 Å². The first-order valence-corrected chi connectivity index (χ1v) is 11.9. The van der Waals surface area contributed by atoms with Crippen molar-refractivity contribution in [1.82, 2.24) is 29.4 Å². The number of pyridine rings is 1. The zero-order chi connectivity index (χ0) is 22.9. The van der Waals surface area contributed by atoms with E-state index in [-0.39, 0.29) is 5.91 Å². The van der Waals surface area contributed by atoms with Crippen LogP contribution in [0.4, 0.5) is 0 Å². The van der Waals surface area contributed by atoms with E-state index in [1.165, 1.54) is 16.8 Å². The second-order valence-corrected chi connectivity index (χ2v) is 9.14. The van der Waals surface area contributed by atoms with Gasteiger partial charge in [0.2, 0.25) is 5.91 Å². The highest BCUT2D eigenvalue weighted by molar-refractivity contribution is 5.76. The fourth-order valence-corrected chi connectivity index (χ4v) is 5.26. The van der Waals surface area contributed by atoms with E-state index in [0.29, 0.717) is 25.6 Å². The van der Waals surface area contributed by atoms with Gasteiger partial charge in [-0.05, 0) is 50.8 Å². The number of aromatic nitrogens is 5. The van der Waals surface area contributed by atoms with Gasteiger partial charge in [-0.15, -0.1) is 0 Å². The van der Waals surface area contributed by atoms with Crippen molar-refractivity contribution in [3.8, 4) is 5.82 Å². The smallest absolute Gasteiger partial charge is 0.222 e. The number of carbonyl (C=O) groups is 1. The molecule has 0 atom stereocenters. The number of hydrogen-bond acceptors (Lipinski definition) is 5. The summed E-state index contributed by atoms with van der Waals surface area (Å²) in [5, 5.41) is 9.39. The number of piperidine rings is 1. The maximum Gasteiger partial charge on any atom is 0.222 e. The first-order chi connectivity index (χ1) is 16.0. The van der Waals surface area contributed by atoms with Crippen LogP contribution in [0.3, 0.4) is 0 Å². The molecule has 5 rings (SSSR count). The van der Waals surface area contributed by atoms with Gasteiger partial charge in [-0.1, -0.05) is 6.07 Å². The molecule has 2 aliphatic rings. The number of likely N-dealkylation sites (tertiary alicyclic amines) is 1. The molecule has 2 aliphatic heterocycles. The molecule has 0 radical (unpaired) electrons. The van der Waals surface area contributed by atoms with Crippen LogP contribution in [0.1, 0.15) is 59.1 Å². The number of rotatable bonds is 5. The van der Waals surface area contributed by atoms with Gasteiger partial charge in [0, 0.05) is 56.4 Å². The summed E-state index contributed by atoms with van der Waals surface area (Å²) in [6.07, 6.45) is 5.80. The molecule has 8 nitrogen and oxygen atoms in total. The minimum atomic E-state index is 0.236. The van der Waals surface area contributed by atoms with E-state index < -0.39 is 0 Å². The van der Waals surface area contributed by atoms with Gasteiger partial charge < -0.3 is 9.64 Å². The maximum atomic E-state index is 13.0. The highest BCUT2D eigenvalue weighted by Crippen LogP contribution is 2.35. The molecular formula is C25H32N6O2. The molecule has 3 aromatic rings. The molecule has 1 fully saturated rings. The maximum absolute atomic E-state index is 13.0. The Kier molecular flexibility index (Phi) is 6.01. The van der Waals surface area contributed by atoms with Gasteiger partial charge in [0.15, 0.2) is 5.82 Å². The Balaban J connectivity index is 1.28. The quantitative estimate of drug-likeness (QED) is 0.600. The molecule has 0 aromatic carbocycles. The van der Waals surface area contributed by atoms with Crippen molar-refractivity contribution < 1.29 is 9.53 Å². The van der Waals surface area contributed by atoms with Crippen molar-refractivity contribution in [2.75, 3.05) is 19.7 Å². The van der Waals surface area contributed by atoms with Crippen LogP contribution in [0.2, 0.25) is 0 Å². The van der Waals surface area contributed by atoms with Gasteiger partial charge in [-0.3, -0.25) is 9.48 Å². The molecule has 0 N–H and O–H groups in total. The predicted octanol–water partition coefficient (Wildman–Crippen LogP) is 3.03. The van der Waals surface area contributed by atoms with Gasteiger partial charge >= 0.3 is 0 Å². The molecule has 0 spiro atoms. The number of amides is 1. The Hall–Kier alpha value is -3.00. The molecule has 174 valence electrons. The lowest BCUT2D eigenvalue weighted by Crippen LogP contribution is -2.38. The summed E-state index contributed by atoms with van der Waals surface area (Å²) in [5.41, 5.74) is 6.94. The lowest BCUT2D eigenvalue weighted by molar-refractivity contribution is -0.132. The summed E-state index contributed by atoms with van der Waals surface area (Å²) in [6.45, 7) is 6.97. The number of ether oxygens (including phenoxy) is 1. The number of nitrogens with zero attached hydrogens (tertiary/aromatic N) is 6. The second-order valence-electron chi connectivity index (χ2n) is 9.14. The number of hydrogen-bond donors (Lipinski definition) is 0. The van der Waals surface area contributed by atoms with Gasteiger partial charge in [0.05, 0.1) is 30.3 Å². The van der Waals surface area contributed by atoms with Crippen LogP contribution in [0, 0.1) is 13.8 Å². The van der Waals surface area contributed by atoms with Crippen LogP contribution < -0.4 is 0 Å². The molecule has 5 heterocycles. The van der Waals surface area contributed by atoms with Crippen LogP contribution >= 0.6 is 0 Å². The topological polar surface area (TPSA) is 78.1 Å². The van der Waals surface area contributed by atoms with Crippen LogP contribution in [-0.2, 0) is 36.0 Å². The summed E-state index contributed by atoms with van der Waals surface area (Å²) in [7, 11) is 1.96. The lowest BCUT2D eigenvalue weighted by atomic mass is 9.89. The van der Waals surface area contributed by atoms with Crippen molar-refractivity contribution in [2.45, 2.75) is 58.5 Å². The number of carbonyl (C=O) groups excluding carboxylic acids is 1. The normalized spacial score (nSPS) is 16.8. The monoisotopic (exact) mass is 448 g/mol. The summed E-state index contributed by atoms with van der Waals surface area (Å²) in [6, 6.07) is 5.93. The molecule has 3 aromatic heterocycles. The van der Waals surface area contributed by atoms with E-state index in [1.54, 1.807) is 0 Å². The Labute approximate surface area is 194 Å². The van der Waals surface area contributed by atoms with E-state index in [4.69, 9.17) is 9.84 Å². The summed E-state index contributed by atoms with van der Waals surface area (Å²) in [4.78, 5) is 19.5. The SMILES string of the molecule is Cc1nn(C)c(C)c1CCC(=O)N1CCC(c2c3c(nn2-c2ccccn2)CCOC3)CC1. The van der Waals surface area contributed by atoms with Crippen LogP contribution in [-0.4, -0.2) is 55.0 Å². The van der Waals surface area contributed by atoms with Gasteiger partial charge in [-0.25, -0.2) is 9.67 Å². The van der Waals surface area contributed by atoms with Crippen LogP contribution in [0.5, 0.6) is 0 Å². The first kappa shape index (κ1) is 21.8. The van der Waals surface area contributed by atoms with Crippen molar-refractivity contribution in [2.24, 2.45) is 7.05 Å². The minimum Gasteiger partial charge on any atom is -0.376 e. The zero-order valence-electron chi connectivity index (χ0n) is 19.8. The predicted molar refractivity (Wildman–Crippen MR) is 124 cm³/mol. The third kappa shape index (κ3) is 4.19. The Morgan fingerprint density at radius 3 is 2.70 bits per heavy atom. The van der Waals surface area contributed by atoms with E-state index in [2.05, 4.69) is 17.0 Å². The van der Waals surface area contributed by atoms with Gasteiger partial charge in [0.25, 0.3) is 0 Å². The largest absolute Gasteiger partial charge is 0.376 e. The van der Waals surface area contributed by atoms with Crippen LogP contribution in [0.15, 0.2) is 24.4 Å². The molecule has 0 aliphatic carbocycles. The standard InChI is InChI=1S/C25H32N6O2/c1-17-20(18(2)29(3)27-17)7-8-24(32)30-13-9-19(10-14-30)25-21-16-33-15-11-22(21)28-31(25)23-6-4-5-12-26-23/h4-6,12,19H,7-11,13-16H2,1-3H3. The summed E-state index contributed by atoms with van der Waals surface area (Å²) < 4.78 is 9.71. The summed E-state index contributed by atoms with van der Waals surface area (Å²) in [5.74, 6) is 1.43. The highest BCUT2D eigenvalue weighted by Gasteiger charge is 2.31. The molecular weight excluding hydrogens is 416 g/mol.